The zero-order valence-corrected chi connectivity index (χ0v) is 8.30. The van der Waals surface area contributed by atoms with Crippen molar-refractivity contribution in [3.8, 4) is 0 Å². The summed E-state index contributed by atoms with van der Waals surface area (Å²) in [6.45, 7) is 0. The number of aromatic amines is 1. The molecule has 0 amide bonds. The Balaban J connectivity index is 2.01. The standard InChI is InChI=1S/C10H10ClN3/c11-6-1-4-8-9(5-6)14-10(13-8)12-7-2-3-7/h1,4-5,7H,2-3H2,(H2,12,13,14). The Hall–Kier alpha value is -1.22. The molecule has 0 radical (unpaired) electrons. The van der Waals surface area contributed by atoms with E-state index >= 15 is 0 Å². The van der Waals surface area contributed by atoms with Gasteiger partial charge in [0.2, 0.25) is 5.95 Å². The molecule has 1 aliphatic carbocycles. The number of nitrogens with one attached hydrogen (secondary N) is 2. The Morgan fingerprint density at radius 2 is 2.29 bits per heavy atom. The normalized spacial score (nSPS) is 16.1. The molecule has 0 atom stereocenters. The summed E-state index contributed by atoms with van der Waals surface area (Å²) >= 11 is 5.88. The quantitative estimate of drug-likeness (QED) is 0.795. The third-order valence-corrected chi connectivity index (χ3v) is 2.60. The van der Waals surface area contributed by atoms with Gasteiger partial charge in [0.15, 0.2) is 0 Å². The maximum absolute atomic E-state index is 5.88. The summed E-state index contributed by atoms with van der Waals surface area (Å²) < 4.78 is 0. The van der Waals surface area contributed by atoms with Crippen LogP contribution in [0.1, 0.15) is 12.8 Å². The van der Waals surface area contributed by atoms with E-state index in [1.165, 1.54) is 12.8 Å². The van der Waals surface area contributed by atoms with Crippen LogP contribution in [0.2, 0.25) is 5.02 Å². The van der Waals surface area contributed by atoms with Gasteiger partial charge in [-0.2, -0.15) is 0 Å². The Morgan fingerprint density at radius 3 is 3.07 bits per heavy atom. The largest absolute Gasteiger partial charge is 0.353 e. The highest BCUT2D eigenvalue weighted by atomic mass is 35.5. The number of imidazole rings is 1. The summed E-state index contributed by atoms with van der Waals surface area (Å²) in [7, 11) is 0. The molecule has 2 N–H and O–H groups in total. The van der Waals surface area contributed by atoms with Crippen molar-refractivity contribution in [1.82, 2.24) is 9.97 Å². The fraction of sp³-hybridized carbons (Fsp3) is 0.300. The van der Waals surface area contributed by atoms with Crippen molar-refractivity contribution >= 4 is 28.6 Å². The van der Waals surface area contributed by atoms with Gasteiger partial charge >= 0.3 is 0 Å². The van der Waals surface area contributed by atoms with Crippen molar-refractivity contribution in [2.75, 3.05) is 5.32 Å². The van der Waals surface area contributed by atoms with E-state index in [2.05, 4.69) is 15.3 Å². The van der Waals surface area contributed by atoms with E-state index in [0.29, 0.717) is 6.04 Å². The van der Waals surface area contributed by atoms with E-state index in [1.807, 2.05) is 18.2 Å². The molecule has 1 aromatic heterocycles. The van der Waals surface area contributed by atoms with Crippen LogP contribution in [0.25, 0.3) is 11.0 Å². The predicted octanol–water partition coefficient (Wildman–Crippen LogP) is 2.79. The first-order valence-electron chi connectivity index (χ1n) is 4.73. The zero-order valence-electron chi connectivity index (χ0n) is 7.55. The third kappa shape index (κ3) is 1.44. The van der Waals surface area contributed by atoms with Crippen molar-refractivity contribution < 1.29 is 0 Å². The molecule has 1 aliphatic rings. The number of rotatable bonds is 2. The van der Waals surface area contributed by atoms with Gasteiger partial charge in [-0.05, 0) is 31.0 Å². The van der Waals surface area contributed by atoms with E-state index < -0.39 is 0 Å². The Morgan fingerprint density at radius 1 is 1.43 bits per heavy atom. The SMILES string of the molecule is Clc1ccc2nc(NC3CC3)[nH]c2c1. The van der Waals surface area contributed by atoms with Crippen LogP contribution in [0.3, 0.4) is 0 Å². The minimum absolute atomic E-state index is 0.617. The lowest BCUT2D eigenvalue weighted by molar-refractivity contribution is 1.10. The Kier molecular flexibility index (Phi) is 1.67. The lowest BCUT2D eigenvalue weighted by atomic mass is 10.3. The summed E-state index contributed by atoms with van der Waals surface area (Å²) in [6.07, 6.45) is 2.50. The van der Waals surface area contributed by atoms with E-state index in [4.69, 9.17) is 11.6 Å². The van der Waals surface area contributed by atoms with Crippen molar-refractivity contribution in [2.24, 2.45) is 0 Å². The summed E-state index contributed by atoms with van der Waals surface area (Å²) in [5.74, 6) is 0.852. The lowest BCUT2D eigenvalue weighted by Gasteiger charge is -1.95. The average Bonchev–Trinajstić information content (AvgIpc) is 2.84. The fourth-order valence-electron chi connectivity index (χ4n) is 1.47. The van der Waals surface area contributed by atoms with Gasteiger partial charge in [-0.3, -0.25) is 0 Å². The number of nitrogens with zero attached hydrogens (tertiary/aromatic N) is 1. The fourth-order valence-corrected chi connectivity index (χ4v) is 1.64. The molecule has 72 valence electrons. The van der Waals surface area contributed by atoms with Crippen molar-refractivity contribution in [2.45, 2.75) is 18.9 Å². The van der Waals surface area contributed by atoms with Crippen molar-refractivity contribution in [1.29, 1.82) is 0 Å². The van der Waals surface area contributed by atoms with E-state index in [1.54, 1.807) is 0 Å². The van der Waals surface area contributed by atoms with Crippen LogP contribution in [0.4, 0.5) is 5.95 Å². The highest BCUT2D eigenvalue weighted by Crippen LogP contribution is 2.25. The minimum atomic E-state index is 0.617. The molecule has 0 aliphatic heterocycles. The van der Waals surface area contributed by atoms with Crippen LogP contribution in [0.15, 0.2) is 18.2 Å². The molecule has 1 heterocycles. The van der Waals surface area contributed by atoms with Gasteiger partial charge in [0, 0.05) is 11.1 Å². The molecule has 1 saturated carbocycles. The Bertz CT molecular complexity index is 473. The van der Waals surface area contributed by atoms with E-state index in [-0.39, 0.29) is 0 Å². The van der Waals surface area contributed by atoms with Gasteiger partial charge in [-0.15, -0.1) is 0 Å². The van der Waals surface area contributed by atoms with Gasteiger partial charge < -0.3 is 10.3 Å². The maximum Gasteiger partial charge on any atom is 0.201 e. The number of halogens is 1. The van der Waals surface area contributed by atoms with Gasteiger partial charge in [-0.1, -0.05) is 11.6 Å². The van der Waals surface area contributed by atoms with Crippen molar-refractivity contribution in [3.05, 3.63) is 23.2 Å². The summed E-state index contributed by atoms with van der Waals surface area (Å²) in [5.41, 5.74) is 1.94. The van der Waals surface area contributed by atoms with Gasteiger partial charge in [0.05, 0.1) is 11.0 Å². The highest BCUT2D eigenvalue weighted by Gasteiger charge is 2.21. The molecule has 3 rings (SSSR count). The first-order valence-corrected chi connectivity index (χ1v) is 5.11. The second-order valence-corrected chi connectivity index (χ2v) is 4.10. The number of anilines is 1. The number of H-pyrrole nitrogens is 1. The van der Waals surface area contributed by atoms with Crippen LogP contribution >= 0.6 is 11.6 Å². The topological polar surface area (TPSA) is 40.7 Å². The molecule has 0 bridgehead atoms. The number of fused-ring (bicyclic) bond motifs is 1. The van der Waals surface area contributed by atoms with Crippen LogP contribution < -0.4 is 5.32 Å². The molecule has 1 aromatic carbocycles. The molecule has 2 aromatic rings. The second-order valence-electron chi connectivity index (χ2n) is 3.67. The zero-order chi connectivity index (χ0) is 9.54. The molecule has 0 spiro atoms. The lowest BCUT2D eigenvalue weighted by Crippen LogP contribution is -2.01. The molecule has 0 saturated heterocycles. The van der Waals surface area contributed by atoms with Gasteiger partial charge in [0.25, 0.3) is 0 Å². The smallest absolute Gasteiger partial charge is 0.201 e. The van der Waals surface area contributed by atoms with Crippen LogP contribution in [-0.4, -0.2) is 16.0 Å². The molecule has 4 heteroatoms. The van der Waals surface area contributed by atoms with Crippen molar-refractivity contribution in [3.63, 3.8) is 0 Å². The van der Waals surface area contributed by atoms with Crippen LogP contribution in [0.5, 0.6) is 0 Å². The summed E-state index contributed by atoms with van der Waals surface area (Å²) in [4.78, 5) is 7.61. The second kappa shape index (κ2) is 2.89. The predicted molar refractivity (Wildman–Crippen MR) is 57.7 cm³/mol. The number of hydrogen-bond acceptors (Lipinski definition) is 2. The number of aromatic nitrogens is 2. The van der Waals surface area contributed by atoms with Gasteiger partial charge in [0.1, 0.15) is 0 Å². The summed E-state index contributed by atoms with van der Waals surface area (Å²) in [6, 6.07) is 6.28. The molecular formula is C10H10ClN3. The first kappa shape index (κ1) is 8.12. The number of benzene rings is 1. The van der Waals surface area contributed by atoms with E-state index in [9.17, 15) is 0 Å². The Labute approximate surface area is 86.5 Å². The molecule has 1 fully saturated rings. The first-order chi connectivity index (χ1) is 6.81. The summed E-state index contributed by atoms with van der Waals surface area (Å²) in [5, 5.41) is 4.05. The minimum Gasteiger partial charge on any atom is -0.353 e. The maximum atomic E-state index is 5.88. The number of hydrogen-bond donors (Lipinski definition) is 2. The molecular weight excluding hydrogens is 198 g/mol. The van der Waals surface area contributed by atoms with E-state index in [0.717, 1.165) is 22.0 Å². The molecule has 14 heavy (non-hydrogen) atoms. The molecule has 3 nitrogen and oxygen atoms in total. The molecule has 0 unspecified atom stereocenters. The van der Waals surface area contributed by atoms with Crippen LogP contribution in [0, 0.1) is 0 Å². The third-order valence-electron chi connectivity index (χ3n) is 2.36. The average molecular weight is 208 g/mol. The van der Waals surface area contributed by atoms with Crippen LogP contribution in [-0.2, 0) is 0 Å². The highest BCUT2D eigenvalue weighted by molar-refractivity contribution is 6.31. The monoisotopic (exact) mass is 207 g/mol. The van der Waals surface area contributed by atoms with Gasteiger partial charge in [-0.25, -0.2) is 4.98 Å².